The Hall–Kier alpha value is -0.680. The van der Waals surface area contributed by atoms with E-state index >= 15 is 0 Å². The molecule has 1 aromatic heterocycles. The predicted octanol–water partition coefficient (Wildman–Crippen LogP) is 1.12. The lowest BCUT2D eigenvalue weighted by atomic mass is 10.3. The molecule has 1 aliphatic heterocycles. The Labute approximate surface area is 91.1 Å². The van der Waals surface area contributed by atoms with Crippen molar-refractivity contribution in [2.45, 2.75) is 19.4 Å². The van der Waals surface area contributed by atoms with Gasteiger partial charge in [-0.15, -0.1) is 0 Å². The summed E-state index contributed by atoms with van der Waals surface area (Å²) in [5.74, 6) is 0.710. The molecule has 0 aromatic carbocycles. The van der Waals surface area contributed by atoms with E-state index in [1.165, 1.54) is 0 Å². The van der Waals surface area contributed by atoms with Crippen LogP contribution >= 0.6 is 15.9 Å². The fraction of sp³-hybridized carbons (Fsp3) is 0.556. The van der Waals surface area contributed by atoms with Gasteiger partial charge in [0.05, 0.1) is 16.3 Å². The summed E-state index contributed by atoms with van der Waals surface area (Å²) in [6.07, 6.45) is 2.32. The van der Waals surface area contributed by atoms with E-state index in [-0.39, 0.29) is 6.10 Å². The molecule has 1 N–H and O–H groups in total. The normalized spacial score (nSPS) is 21.6. The maximum absolute atomic E-state index is 9.38. The van der Waals surface area contributed by atoms with Crippen LogP contribution in [0.4, 0.5) is 5.95 Å². The number of hydrogen-bond donors (Lipinski definition) is 1. The van der Waals surface area contributed by atoms with E-state index < -0.39 is 0 Å². The molecule has 76 valence electrons. The average molecular weight is 258 g/mol. The van der Waals surface area contributed by atoms with Gasteiger partial charge in [0, 0.05) is 19.3 Å². The second kappa shape index (κ2) is 3.82. The van der Waals surface area contributed by atoms with Crippen molar-refractivity contribution in [3.8, 4) is 0 Å². The smallest absolute Gasteiger partial charge is 0.225 e. The van der Waals surface area contributed by atoms with Gasteiger partial charge in [0.2, 0.25) is 5.95 Å². The molecule has 14 heavy (non-hydrogen) atoms. The number of aromatic nitrogens is 2. The first-order valence-electron chi connectivity index (χ1n) is 4.59. The zero-order valence-corrected chi connectivity index (χ0v) is 9.53. The van der Waals surface area contributed by atoms with Crippen LogP contribution in [0.3, 0.4) is 0 Å². The summed E-state index contributed by atoms with van der Waals surface area (Å²) in [6.45, 7) is 3.41. The molecule has 1 aliphatic rings. The summed E-state index contributed by atoms with van der Waals surface area (Å²) in [6, 6.07) is 0. The average Bonchev–Trinajstić information content (AvgIpc) is 2.57. The fourth-order valence-electron chi connectivity index (χ4n) is 1.52. The summed E-state index contributed by atoms with van der Waals surface area (Å²) in [5.41, 5.74) is 0.927. The molecule has 0 bridgehead atoms. The van der Waals surface area contributed by atoms with Crippen molar-refractivity contribution in [1.29, 1.82) is 0 Å². The standard InChI is InChI=1S/C9H12BrN3O/c1-6-8(10)4-11-9(12-6)13-3-2-7(14)5-13/h4,7,14H,2-3,5H2,1H3/t7-/m0/s1. The number of rotatable bonds is 1. The predicted molar refractivity (Wildman–Crippen MR) is 57.3 cm³/mol. The van der Waals surface area contributed by atoms with Crippen LogP contribution in [0.5, 0.6) is 0 Å². The molecule has 0 saturated carbocycles. The molecular formula is C9H12BrN3O. The minimum Gasteiger partial charge on any atom is -0.391 e. The summed E-state index contributed by atoms with van der Waals surface area (Å²) in [5, 5.41) is 9.38. The Kier molecular flexibility index (Phi) is 2.69. The number of halogens is 1. The van der Waals surface area contributed by atoms with Crippen molar-refractivity contribution < 1.29 is 5.11 Å². The monoisotopic (exact) mass is 257 g/mol. The molecule has 0 spiro atoms. The van der Waals surface area contributed by atoms with Crippen molar-refractivity contribution in [2.75, 3.05) is 18.0 Å². The van der Waals surface area contributed by atoms with Crippen LogP contribution in [0.2, 0.25) is 0 Å². The summed E-state index contributed by atoms with van der Waals surface area (Å²) >= 11 is 3.36. The van der Waals surface area contributed by atoms with Crippen molar-refractivity contribution in [3.63, 3.8) is 0 Å². The minimum absolute atomic E-state index is 0.234. The number of hydrogen-bond acceptors (Lipinski definition) is 4. The van der Waals surface area contributed by atoms with Crippen LogP contribution in [0.15, 0.2) is 10.7 Å². The summed E-state index contributed by atoms with van der Waals surface area (Å²) < 4.78 is 0.918. The fourth-order valence-corrected chi connectivity index (χ4v) is 1.71. The van der Waals surface area contributed by atoms with Crippen LogP contribution in [0.25, 0.3) is 0 Å². The molecule has 5 heteroatoms. The van der Waals surface area contributed by atoms with E-state index in [4.69, 9.17) is 0 Å². The molecule has 1 atom stereocenters. The molecule has 0 radical (unpaired) electrons. The lowest BCUT2D eigenvalue weighted by Gasteiger charge is -2.15. The third-order valence-corrected chi connectivity index (χ3v) is 3.13. The Bertz CT molecular complexity index is 345. The van der Waals surface area contributed by atoms with Crippen LogP contribution in [0, 0.1) is 6.92 Å². The maximum atomic E-state index is 9.38. The van der Waals surface area contributed by atoms with Crippen molar-refractivity contribution >= 4 is 21.9 Å². The molecule has 0 unspecified atom stereocenters. The van der Waals surface area contributed by atoms with E-state index in [9.17, 15) is 5.11 Å². The molecule has 4 nitrogen and oxygen atoms in total. The van der Waals surface area contributed by atoms with Crippen molar-refractivity contribution in [2.24, 2.45) is 0 Å². The van der Waals surface area contributed by atoms with Gasteiger partial charge in [0.1, 0.15) is 0 Å². The Morgan fingerprint density at radius 2 is 2.43 bits per heavy atom. The minimum atomic E-state index is -0.234. The van der Waals surface area contributed by atoms with Crippen LogP contribution in [-0.4, -0.2) is 34.3 Å². The molecule has 1 aromatic rings. The highest BCUT2D eigenvalue weighted by molar-refractivity contribution is 9.10. The number of nitrogens with zero attached hydrogens (tertiary/aromatic N) is 3. The van der Waals surface area contributed by atoms with Crippen LogP contribution in [-0.2, 0) is 0 Å². The summed E-state index contributed by atoms with van der Waals surface area (Å²) in [7, 11) is 0. The zero-order chi connectivity index (χ0) is 10.1. The highest BCUT2D eigenvalue weighted by Gasteiger charge is 2.22. The molecule has 1 fully saturated rings. The van der Waals surface area contributed by atoms with Gasteiger partial charge in [0.25, 0.3) is 0 Å². The second-order valence-electron chi connectivity index (χ2n) is 3.49. The first-order valence-corrected chi connectivity index (χ1v) is 5.38. The van der Waals surface area contributed by atoms with E-state index in [1.54, 1.807) is 6.20 Å². The van der Waals surface area contributed by atoms with Gasteiger partial charge in [-0.2, -0.15) is 0 Å². The Morgan fingerprint density at radius 3 is 3.00 bits per heavy atom. The Morgan fingerprint density at radius 1 is 1.64 bits per heavy atom. The van der Waals surface area contributed by atoms with Crippen molar-refractivity contribution in [3.05, 3.63) is 16.4 Å². The van der Waals surface area contributed by atoms with E-state index in [0.29, 0.717) is 12.5 Å². The number of aliphatic hydroxyl groups excluding tert-OH is 1. The first kappa shape index (κ1) is 9.86. The number of anilines is 1. The lowest BCUT2D eigenvalue weighted by Crippen LogP contribution is -2.23. The molecule has 0 amide bonds. The highest BCUT2D eigenvalue weighted by atomic mass is 79.9. The van der Waals surface area contributed by atoms with E-state index in [1.807, 2.05) is 11.8 Å². The van der Waals surface area contributed by atoms with E-state index in [2.05, 4.69) is 25.9 Å². The van der Waals surface area contributed by atoms with Gasteiger partial charge >= 0.3 is 0 Å². The quantitative estimate of drug-likeness (QED) is 0.820. The molecule has 2 rings (SSSR count). The van der Waals surface area contributed by atoms with Gasteiger partial charge in [0.15, 0.2) is 0 Å². The van der Waals surface area contributed by atoms with Crippen LogP contribution < -0.4 is 4.90 Å². The van der Waals surface area contributed by atoms with Crippen molar-refractivity contribution in [1.82, 2.24) is 9.97 Å². The third kappa shape index (κ3) is 1.88. The zero-order valence-electron chi connectivity index (χ0n) is 7.94. The first-order chi connectivity index (χ1) is 6.66. The highest BCUT2D eigenvalue weighted by Crippen LogP contribution is 2.19. The van der Waals surface area contributed by atoms with Gasteiger partial charge in [-0.25, -0.2) is 9.97 Å². The van der Waals surface area contributed by atoms with Gasteiger partial charge in [-0.1, -0.05) is 0 Å². The SMILES string of the molecule is Cc1nc(N2CC[C@H](O)C2)ncc1Br. The molecule has 2 heterocycles. The number of aryl methyl sites for hydroxylation is 1. The summed E-state index contributed by atoms with van der Waals surface area (Å²) in [4.78, 5) is 10.6. The molecule has 1 saturated heterocycles. The lowest BCUT2D eigenvalue weighted by molar-refractivity contribution is 0.198. The van der Waals surface area contributed by atoms with Gasteiger partial charge in [-0.05, 0) is 29.3 Å². The molecule has 0 aliphatic carbocycles. The third-order valence-electron chi connectivity index (χ3n) is 2.35. The van der Waals surface area contributed by atoms with Gasteiger partial charge < -0.3 is 10.0 Å². The Balaban J connectivity index is 2.20. The van der Waals surface area contributed by atoms with Gasteiger partial charge in [-0.3, -0.25) is 0 Å². The number of β-amino-alcohol motifs (C(OH)–C–C–N with tert-alkyl or cyclic N) is 1. The second-order valence-corrected chi connectivity index (χ2v) is 4.35. The molecular weight excluding hydrogens is 246 g/mol. The maximum Gasteiger partial charge on any atom is 0.225 e. The van der Waals surface area contributed by atoms with E-state index in [0.717, 1.165) is 23.1 Å². The largest absolute Gasteiger partial charge is 0.391 e. The van der Waals surface area contributed by atoms with Crippen LogP contribution in [0.1, 0.15) is 12.1 Å². The number of aliphatic hydroxyl groups is 1. The topological polar surface area (TPSA) is 49.2 Å².